The van der Waals surface area contributed by atoms with Crippen molar-refractivity contribution in [3.05, 3.63) is 85.1 Å². The molecule has 0 spiro atoms. The lowest BCUT2D eigenvalue weighted by molar-refractivity contribution is -0.302. The molecular formula is C57H99NO8. The van der Waals surface area contributed by atoms with Gasteiger partial charge in [0.1, 0.15) is 24.4 Å². The largest absolute Gasteiger partial charge is 0.394 e. The van der Waals surface area contributed by atoms with Crippen molar-refractivity contribution < 1.29 is 39.8 Å². The molecule has 1 heterocycles. The Bertz CT molecular complexity index is 1300. The van der Waals surface area contributed by atoms with E-state index in [1.54, 1.807) is 0 Å². The molecule has 7 atom stereocenters. The highest BCUT2D eigenvalue weighted by molar-refractivity contribution is 5.76. The van der Waals surface area contributed by atoms with Gasteiger partial charge in [0, 0.05) is 6.42 Å². The van der Waals surface area contributed by atoms with Crippen molar-refractivity contribution in [3.63, 3.8) is 0 Å². The first-order valence-electron chi connectivity index (χ1n) is 26.8. The quantitative estimate of drug-likeness (QED) is 0.0261. The van der Waals surface area contributed by atoms with Gasteiger partial charge in [-0.05, 0) is 70.6 Å². The molecule has 1 rings (SSSR count). The van der Waals surface area contributed by atoms with E-state index >= 15 is 0 Å². The summed E-state index contributed by atoms with van der Waals surface area (Å²) in [5, 5.41) is 54.6. The van der Waals surface area contributed by atoms with Crippen molar-refractivity contribution in [2.75, 3.05) is 13.2 Å². The molecule has 9 heteroatoms. The van der Waals surface area contributed by atoms with Gasteiger partial charge < -0.3 is 40.3 Å². The zero-order valence-corrected chi connectivity index (χ0v) is 41.9. The van der Waals surface area contributed by atoms with E-state index in [-0.39, 0.29) is 12.5 Å². The van der Waals surface area contributed by atoms with E-state index in [1.165, 1.54) is 96.3 Å². The first kappa shape index (κ1) is 61.4. The summed E-state index contributed by atoms with van der Waals surface area (Å²) in [7, 11) is 0. The van der Waals surface area contributed by atoms with Gasteiger partial charge in [0.2, 0.25) is 5.91 Å². The van der Waals surface area contributed by atoms with Crippen LogP contribution in [-0.2, 0) is 14.3 Å². The van der Waals surface area contributed by atoms with Crippen molar-refractivity contribution in [1.29, 1.82) is 0 Å². The van der Waals surface area contributed by atoms with Gasteiger partial charge in [-0.25, -0.2) is 0 Å². The van der Waals surface area contributed by atoms with Crippen LogP contribution in [-0.4, -0.2) is 87.5 Å². The maximum atomic E-state index is 13.0. The minimum Gasteiger partial charge on any atom is -0.394 e. The Hall–Kier alpha value is -2.63. The highest BCUT2D eigenvalue weighted by Crippen LogP contribution is 2.23. The van der Waals surface area contributed by atoms with Crippen LogP contribution in [0.2, 0.25) is 0 Å². The zero-order chi connectivity index (χ0) is 48.0. The lowest BCUT2D eigenvalue weighted by atomic mass is 9.99. The second kappa shape index (κ2) is 46.1. The van der Waals surface area contributed by atoms with Crippen LogP contribution in [0.5, 0.6) is 0 Å². The Morgan fingerprint density at radius 3 is 1.38 bits per heavy atom. The third-order valence-electron chi connectivity index (χ3n) is 12.3. The third-order valence-corrected chi connectivity index (χ3v) is 12.3. The second-order valence-corrected chi connectivity index (χ2v) is 18.3. The van der Waals surface area contributed by atoms with Gasteiger partial charge in [0.05, 0.1) is 25.4 Å². The number of aliphatic hydroxyl groups is 5. The molecule has 0 bridgehead atoms. The van der Waals surface area contributed by atoms with Crippen LogP contribution in [0.15, 0.2) is 85.1 Å². The fourth-order valence-corrected chi connectivity index (χ4v) is 8.02. The van der Waals surface area contributed by atoms with Gasteiger partial charge in [-0.2, -0.15) is 0 Å². The van der Waals surface area contributed by atoms with Crippen LogP contribution in [0.25, 0.3) is 0 Å². The van der Waals surface area contributed by atoms with Gasteiger partial charge in [-0.15, -0.1) is 0 Å². The van der Waals surface area contributed by atoms with Crippen molar-refractivity contribution >= 4 is 5.91 Å². The van der Waals surface area contributed by atoms with Crippen LogP contribution >= 0.6 is 0 Å². The fraction of sp³-hybridized carbons (Fsp3) is 0.737. The summed E-state index contributed by atoms with van der Waals surface area (Å²) >= 11 is 0. The lowest BCUT2D eigenvalue weighted by Crippen LogP contribution is -2.60. The van der Waals surface area contributed by atoms with E-state index < -0.39 is 49.5 Å². The van der Waals surface area contributed by atoms with Crippen molar-refractivity contribution in [3.8, 4) is 0 Å². The Balaban J connectivity index is 2.30. The number of hydrogen-bond acceptors (Lipinski definition) is 8. The third kappa shape index (κ3) is 35.5. The van der Waals surface area contributed by atoms with E-state index in [0.717, 1.165) is 89.9 Å². The molecule has 7 unspecified atom stereocenters. The number of nitrogens with one attached hydrogen (secondary N) is 1. The molecule has 1 amide bonds. The molecule has 1 aliphatic heterocycles. The van der Waals surface area contributed by atoms with E-state index in [0.29, 0.717) is 12.8 Å². The van der Waals surface area contributed by atoms with Gasteiger partial charge in [0.15, 0.2) is 6.29 Å². The number of carbonyl (C=O) groups is 1. The normalized spacial score (nSPS) is 20.5. The first-order chi connectivity index (χ1) is 32.3. The van der Waals surface area contributed by atoms with Crippen LogP contribution < -0.4 is 5.32 Å². The molecule has 9 nitrogen and oxygen atoms in total. The topological polar surface area (TPSA) is 149 Å². The molecule has 0 saturated carbocycles. The Morgan fingerprint density at radius 1 is 0.530 bits per heavy atom. The highest BCUT2D eigenvalue weighted by Gasteiger charge is 2.44. The summed E-state index contributed by atoms with van der Waals surface area (Å²) in [5.74, 6) is -0.178. The zero-order valence-electron chi connectivity index (χ0n) is 41.9. The van der Waals surface area contributed by atoms with Gasteiger partial charge >= 0.3 is 0 Å². The Morgan fingerprint density at radius 2 is 0.939 bits per heavy atom. The summed E-state index contributed by atoms with van der Waals surface area (Å²) in [6.07, 6.45) is 57.3. The standard InChI is InChI=1S/C57H99NO8/c1-3-5-7-9-11-13-15-17-19-21-23-24-25-26-27-28-29-31-33-35-37-39-41-43-45-47-53(61)58-50(49-65-57-56(64)55(63)54(62)52(48-59)66-57)51(60)46-44-42-40-38-36-34-32-30-22-20-18-16-14-12-10-8-6-4-2/h5,7,11,13,17,19,23-24,26-27,29,31,35,37,50-52,54-57,59-60,62-64H,3-4,6,8-10,12,14-16,18,20-22,25,28,30,32-34,36,38-49H2,1-2H3,(H,58,61)/b7-5-,13-11-,19-17-,24-23-,27-26-,31-29-,37-35-. The molecule has 1 aliphatic rings. The van der Waals surface area contributed by atoms with E-state index in [4.69, 9.17) is 9.47 Å². The Labute approximate surface area is 403 Å². The number of ether oxygens (including phenoxy) is 2. The first-order valence-corrected chi connectivity index (χ1v) is 26.8. The second-order valence-electron chi connectivity index (χ2n) is 18.3. The minimum atomic E-state index is -1.56. The monoisotopic (exact) mass is 926 g/mol. The van der Waals surface area contributed by atoms with Crippen molar-refractivity contribution in [2.45, 2.75) is 256 Å². The van der Waals surface area contributed by atoms with E-state index in [9.17, 15) is 30.3 Å². The fourth-order valence-electron chi connectivity index (χ4n) is 8.02. The molecule has 380 valence electrons. The summed E-state index contributed by atoms with van der Waals surface area (Å²) in [6.45, 7) is 3.70. The van der Waals surface area contributed by atoms with Gasteiger partial charge in [-0.1, -0.05) is 221 Å². The van der Waals surface area contributed by atoms with Crippen molar-refractivity contribution in [1.82, 2.24) is 5.32 Å². The molecule has 0 aliphatic carbocycles. The maximum Gasteiger partial charge on any atom is 0.220 e. The predicted molar refractivity (Wildman–Crippen MR) is 276 cm³/mol. The summed E-state index contributed by atoms with van der Waals surface area (Å²) in [5.41, 5.74) is 0. The number of carbonyl (C=O) groups excluding carboxylic acids is 1. The smallest absolute Gasteiger partial charge is 0.220 e. The molecule has 0 aromatic carbocycles. The maximum absolute atomic E-state index is 13.0. The molecule has 0 aromatic heterocycles. The van der Waals surface area contributed by atoms with Crippen LogP contribution in [0.4, 0.5) is 0 Å². The average molecular weight is 926 g/mol. The van der Waals surface area contributed by atoms with E-state index in [1.807, 2.05) is 0 Å². The van der Waals surface area contributed by atoms with Crippen LogP contribution in [0.1, 0.15) is 213 Å². The number of unbranched alkanes of at least 4 members (excludes halogenated alkanes) is 20. The molecule has 1 saturated heterocycles. The number of aliphatic hydroxyl groups excluding tert-OH is 5. The van der Waals surface area contributed by atoms with Crippen molar-refractivity contribution in [2.24, 2.45) is 0 Å². The highest BCUT2D eigenvalue weighted by atomic mass is 16.7. The average Bonchev–Trinajstić information content (AvgIpc) is 3.32. The number of allylic oxidation sites excluding steroid dienone is 14. The number of hydrogen-bond donors (Lipinski definition) is 6. The number of amides is 1. The van der Waals surface area contributed by atoms with Crippen LogP contribution in [0, 0.1) is 0 Å². The number of rotatable bonds is 44. The lowest BCUT2D eigenvalue weighted by Gasteiger charge is -2.40. The Kier molecular flexibility index (Phi) is 42.9. The molecule has 0 radical (unpaired) electrons. The molecule has 1 fully saturated rings. The van der Waals surface area contributed by atoms with Gasteiger partial charge in [0.25, 0.3) is 0 Å². The van der Waals surface area contributed by atoms with Crippen LogP contribution in [0.3, 0.4) is 0 Å². The molecule has 6 N–H and O–H groups in total. The van der Waals surface area contributed by atoms with Gasteiger partial charge in [-0.3, -0.25) is 4.79 Å². The summed E-state index contributed by atoms with van der Waals surface area (Å²) < 4.78 is 11.3. The van der Waals surface area contributed by atoms with E-state index in [2.05, 4.69) is 104 Å². The molecular weight excluding hydrogens is 827 g/mol. The SMILES string of the molecule is CC/C=C\C/C=C\C/C=C\C/C=C\C/C=C\C/C=C\C/C=C\CCCCCC(=O)NC(COC1OC(CO)C(O)C(O)C1O)C(O)CCCCCCCCCCCCCCCCCCCC. The molecule has 0 aromatic rings. The predicted octanol–water partition coefficient (Wildman–Crippen LogP) is 12.7. The summed E-state index contributed by atoms with van der Waals surface area (Å²) in [4.78, 5) is 13.0. The minimum absolute atomic E-state index is 0.157. The summed E-state index contributed by atoms with van der Waals surface area (Å²) in [6, 6.07) is -0.743. The molecule has 66 heavy (non-hydrogen) atoms.